The lowest BCUT2D eigenvalue weighted by Crippen LogP contribution is -2.42. The first-order chi connectivity index (χ1) is 6.59. The molecule has 0 saturated carbocycles. The Kier molecular flexibility index (Phi) is 2.29. The van der Waals surface area contributed by atoms with Crippen molar-refractivity contribution in [3.63, 3.8) is 0 Å². The van der Waals surface area contributed by atoms with Crippen molar-refractivity contribution in [1.29, 1.82) is 0 Å². The molecule has 0 unspecified atom stereocenters. The van der Waals surface area contributed by atoms with Crippen molar-refractivity contribution < 1.29 is 4.39 Å². The molecule has 1 aromatic carbocycles. The van der Waals surface area contributed by atoms with E-state index in [0.717, 1.165) is 18.7 Å². The number of nitrogens with two attached hydrogens (primary N) is 1. The highest BCUT2D eigenvalue weighted by Gasteiger charge is 2.35. The van der Waals surface area contributed by atoms with Crippen LogP contribution in [0.4, 0.5) is 4.39 Å². The Hall–Kier alpha value is -0.930. The van der Waals surface area contributed by atoms with Crippen molar-refractivity contribution in [2.75, 3.05) is 13.1 Å². The van der Waals surface area contributed by atoms with Crippen molar-refractivity contribution in [3.05, 3.63) is 35.6 Å². The smallest absolute Gasteiger partial charge is 0.123 e. The van der Waals surface area contributed by atoms with Crippen LogP contribution < -0.4 is 11.1 Å². The van der Waals surface area contributed by atoms with Gasteiger partial charge in [0.1, 0.15) is 5.82 Å². The van der Waals surface area contributed by atoms with Gasteiger partial charge in [0.25, 0.3) is 0 Å². The fourth-order valence-electron chi connectivity index (χ4n) is 2.04. The van der Waals surface area contributed by atoms with Crippen LogP contribution in [0.2, 0.25) is 0 Å². The average Bonchev–Trinajstić information content (AvgIpc) is 2.47. The molecule has 76 valence electrons. The molecule has 1 saturated heterocycles. The Labute approximate surface area is 83.3 Å². The molecule has 0 aromatic heterocycles. The summed E-state index contributed by atoms with van der Waals surface area (Å²) in [5.41, 5.74) is 7.02. The van der Waals surface area contributed by atoms with Crippen LogP contribution in [0.5, 0.6) is 0 Å². The third-order valence-corrected chi connectivity index (χ3v) is 2.92. The maximum absolute atomic E-state index is 12.7. The summed E-state index contributed by atoms with van der Waals surface area (Å²) in [7, 11) is 0. The Morgan fingerprint density at radius 2 is 2.07 bits per heavy atom. The lowest BCUT2D eigenvalue weighted by atomic mass is 9.84. The van der Waals surface area contributed by atoms with E-state index >= 15 is 0 Å². The third-order valence-electron chi connectivity index (χ3n) is 2.92. The summed E-state index contributed by atoms with van der Waals surface area (Å²) >= 11 is 0. The highest BCUT2D eigenvalue weighted by molar-refractivity contribution is 5.26. The van der Waals surface area contributed by atoms with E-state index in [2.05, 4.69) is 5.32 Å². The summed E-state index contributed by atoms with van der Waals surface area (Å²) in [6.07, 6.45) is 0. The van der Waals surface area contributed by atoms with Crippen LogP contribution in [-0.2, 0) is 0 Å². The van der Waals surface area contributed by atoms with Gasteiger partial charge >= 0.3 is 0 Å². The van der Waals surface area contributed by atoms with Gasteiger partial charge < -0.3 is 11.1 Å². The van der Waals surface area contributed by atoms with Crippen LogP contribution in [0.15, 0.2) is 24.3 Å². The summed E-state index contributed by atoms with van der Waals surface area (Å²) in [5, 5.41) is 3.26. The van der Waals surface area contributed by atoms with Gasteiger partial charge in [-0.25, -0.2) is 4.39 Å². The van der Waals surface area contributed by atoms with Crippen LogP contribution in [0.3, 0.4) is 0 Å². The van der Waals surface area contributed by atoms with Crippen molar-refractivity contribution in [2.45, 2.75) is 18.4 Å². The molecule has 3 heteroatoms. The fraction of sp³-hybridized carbons (Fsp3) is 0.455. The molecule has 1 aliphatic rings. The van der Waals surface area contributed by atoms with Gasteiger partial charge in [0, 0.05) is 24.5 Å². The minimum Gasteiger partial charge on any atom is -0.324 e. The minimum absolute atomic E-state index is 0.196. The van der Waals surface area contributed by atoms with Gasteiger partial charge in [0.15, 0.2) is 0 Å². The Morgan fingerprint density at radius 1 is 1.43 bits per heavy atom. The summed E-state index contributed by atoms with van der Waals surface area (Å²) in [6.45, 7) is 3.72. The lowest BCUT2D eigenvalue weighted by Gasteiger charge is -2.25. The zero-order valence-electron chi connectivity index (χ0n) is 8.26. The van der Waals surface area contributed by atoms with Gasteiger partial charge in [-0.05, 0) is 24.6 Å². The van der Waals surface area contributed by atoms with E-state index in [9.17, 15) is 4.39 Å². The summed E-state index contributed by atoms with van der Waals surface area (Å²) < 4.78 is 12.7. The van der Waals surface area contributed by atoms with Crippen LogP contribution in [-0.4, -0.2) is 18.6 Å². The molecule has 0 spiro atoms. The molecule has 2 nitrogen and oxygen atoms in total. The molecule has 14 heavy (non-hydrogen) atoms. The molecule has 2 rings (SSSR count). The van der Waals surface area contributed by atoms with Gasteiger partial charge in [-0.1, -0.05) is 12.1 Å². The minimum atomic E-state index is -0.224. The monoisotopic (exact) mass is 194 g/mol. The number of rotatable bonds is 1. The summed E-state index contributed by atoms with van der Waals surface area (Å²) in [4.78, 5) is 0. The average molecular weight is 194 g/mol. The first kappa shape index (κ1) is 9.62. The number of hydrogen-bond donors (Lipinski definition) is 2. The van der Waals surface area contributed by atoms with Crippen LogP contribution >= 0.6 is 0 Å². The number of hydrogen-bond acceptors (Lipinski definition) is 2. The predicted octanol–water partition coefficient (Wildman–Crippen LogP) is 1.23. The normalized spacial score (nSPS) is 32.1. The van der Waals surface area contributed by atoms with Gasteiger partial charge in [-0.15, -0.1) is 0 Å². The standard InChI is InChI=1S/C11H15FN2/c1-11(13)7-14-6-10(11)8-2-4-9(12)5-3-8/h2-5,10,14H,6-7,13H2,1H3/t10-,11+/m0/s1. The molecular weight excluding hydrogens is 179 g/mol. The zero-order chi connectivity index (χ0) is 10.2. The maximum atomic E-state index is 12.7. The molecule has 1 aliphatic heterocycles. The molecule has 0 amide bonds. The maximum Gasteiger partial charge on any atom is 0.123 e. The number of nitrogens with one attached hydrogen (secondary N) is 1. The zero-order valence-corrected chi connectivity index (χ0v) is 8.26. The summed E-state index contributed by atoms with van der Waals surface area (Å²) in [6, 6.07) is 6.61. The van der Waals surface area contributed by atoms with Crippen molar-refractivity contribution in [2.24, 2.45) is 5.73 Å². The molecule has 0 radical (unpaired) electrons. The van der Waals surface area contributed by atoms with E-state index in [4.69, 9.17) is 5.73 Å². The molecule has 0 aliphatic carbocycles. The van der Waals surface area contributed by atoms with E-state index in [-0.39, 0.29) is 17.3 Å². The molecule has 2 atom stereocenters. The van der Waals surface area contributed by atoms with E-state index in [0.29, 0.717) is 0 Å². The fourth-order valence-corrected chi connectivity index (χ4v) is 2.04. The second-order valence-electron chi connectivity index (χ2n) is 4.24. The van der Waals surface area contributed by atoms with Crippen molar-refractivity contribution >= 4 is 0 Å². The molecular formula is C11H15FN2. The topological polar surface area (TPSA) is 38.0 Å². The molecule has 1 aromatic rings. The van der Waals surface area contributed by atoms with E-state index in [1.165, 1.54) is 12.1 Å². The molecule has 1 fully saturated rings. The largest absolute Gasteiger partial charge is 0.324 e. The number of halogens is 1. The quantitative estimate of drug-likeness (QED) is 0.705. The van der Waals surface area contributed by atoms with Crippen LogP contribution in [0.1, 0.15) is 18.4 Å². The van der Waals surface area contributed by atoms with Crippen molar-refractivity contribution in [3.8, 4) is 0 Å². The SMILES string of the molecule is C[C@@]1(N)CNC[C@H]1c1ccc(F)cc1. The van der Waals surface area contributed by atoms with Gasteiger partial charge in [-0.3, -0.25) is 0 Å². The van der Waals surface area contributed by atoms with Crippen LogP contribution in [0, 0.1) is 5.82 Å². The number of benzene rings is 1. The third kappa shape index (κ3) is 1.65. The predicted molar refractivity (Wildman–Crippen MR) is 54.6 cm³/mol. The summed E-state index contributed by atoms with van der Waals surface area (Å²) in [5.74, 6) is 0.0848. The molecule has 3 N–H and O–H groups in total. The Bertz CT molecular complexity index is 319. The molecule has 0 bridgehead atoms. The highest BCUT2D eigenvalue weighted by atomic mass is 19.1. The van der Waals surface area contributed by atoms with Crippen LogP contribution in [0.25, 0.3) is 0 Å². The first-order valence-corrected chi connectivity index (χ1v) is 4.85. The van der Waals surface area contributed by atoms with Crippen molar-refractivity contribution in [1.82, 2.24) is 5.32 Å². The van der Waals surface area contributed by atoms with Gasteiger partial charge in [-0.2, -0.15) is 0 Å². The molecule has 1 heterocycles. The second-order valence-corrected chi connectivity index (χ2v) is 4.24. The van der Waals surface area contributed by atoms with E-state index < -0.39 is 0 Å². The first-order valence-electron chi connectivity index (χ1n) is 4.85. The Morgan fingerprint density at radius 3 is 2.57 bits per heavy atom. The van der Waals surface area contributed by atoms with Gasteiger partial charge in [0.05, 0.1) is 0 Å². The Balaban J connectivity index is 2.27. The van der Waals surface area contributed by atoms with E-state index in [1.807, 2.05) is 19.1 Å². The highest BCUT2D eigenvalue weighted by Crippen LogP contribution is 2.29. The second kappa shape index (κ2) is 3.33. The van der Waals surface area contributed by atoms with Gasteiger partial charge in [0.2, 0.25) is 0 Å². The van der Waals surface area contributed by atoms with E-state index in [1.54, 1.807) is 0 Å². The lowest BCUT2D eigenvalue weighted by molar-refractivity contribution is 0.462.